The van der Waals surface area contributed by atoms with E-state index in [2.05, 4.69) is 37.5 Å². The van der Waals surface area contributed by atoms with Crippen molar-refractivity contribution in [3.63, 3.8) is 0 Å². The summed E-state index contributed by atoms with van der Waals surface area (Å²) in [4.78, 5) is 27.1. The molecule has 9 nitrogen and oxygen atoms in total. The van der Waals surface area contributed by atoms with Crippen LogP contribution in [0, 0.1) is 5.92 Å². The fourth-order valence-corrected chi connectivity index (χ4v) is 5.38. The fraction of sp³-hybridized carbons (Fsp3) is 0.467. The molecule has 224 valence electrons. The zero-order chi connectivity index (χ0) is 29.5. The molecule has 42 heavy (non-hydrogen) atoms. The highest BCUT2D eigenvalue weighted by Gasteiger charge is 2.31. The SMILES string of the molecule is C=C(C1CCCCC1)[C@@H](Nc1cc(-n2ccnc2)nc(NC2CCCCO2)n1)C(=O)NCc1ccc(C(F)(F)F)cc1. The molecule has 1 amide bonds. The van der Waals surface area contributed by atoms with Gasteiger partial charge in [-0.25, -0.2) is 4.98 Å². The molecule has 1 unspecified atom stereocenters. The highest BCUT2D eigenvalue weighted by atomic mass is 19.4. The number of alkyl halides is 3. The summed E-state index contributed by atoms with van der Waals surface area (Å²) in [6.45, 7) is 5.07. The predicted octanol–water partition coefficient (Wildman–Crippen LogP) is 5.85. The van der Waals surface area contributed by atoms with E-state index in [0.29, 0.717) is 29.8 Å². The Kier molecular flexibility index (Phi) is 9.41. The molecule has 1 aromatic carbocycles. The lowest BCUT2D eigenvalue weighted by Gasteiger charge is -2.30. The largest absolute Gasteiger partial charge is 0.416 e. The summed E-state index contributed by atoms with van der Waals surface area (Å²) in [5.74, 6) is 1.14. The van der Waals surface area contributed by atoms with Gasteiger partial charge in [-0.3, -0.25) is 9.36 Å². The molecule has 1 aliphatic carbocycles. The van der Waals surface area contributed by atoms with Gasteiger partial charge < -0.3 is 20.7 Å². The van der Waals surface area contributed by atoms with Crippen molar-refractivity contribution in [2.45, 2.75) is 76.4 Å². The molecule has 3 heterocycles. The standard InChI is InChI=1S/C30H36F3N7O2/c1-20(22-7-3-2-4-8-22)27(28(41)35-18-21-10-12-23(13-11-21)30(31,32)33)36-24-17-25(40-15-14-34-19-40)38-29(37-24)39-26-9-5-6-16-42-26/h10-15,17,19,22,26-27H,1-9,16,18H2,(H,35,41)(H2,36,37,38,39)/t26?,27-/m1/s1. The predicted molar refractivity (Wildman–Crippen MR) is 153 cm³/mol. The van der Waals surface area contributed by atoms with Gasteiger partial charge in [0.25, 0.3) is 0 Å². The van der Waals surface area contributed by atoms with E-state index in [-0.39, 0.29) is 24.6 Å². The number of anilines is 2. The molecule has 1 aliphatic heterocycles. The van der Waals surface area contributed by atoms with E-state index in [4.69, 9.17) is 4.74 Å². The third-order valence-electron chi connectivity index (χ3n) is 7.75. The number of halogens is 3. The number of benzene rings is 1. The van der Waals surface area contributed by atoms with Crippen molar-refractivity contribution in [1.29, 1.82) is 0 Å². The number of nitrogens with one attached hydrogen (secondary N) is 3. The quantitative estimate of drug-likeness (QED) is 0.257. The molecule has 3 aromatic rings. The minimum Gasteiger partial charge on any atom is -0.359 e. The Balaban J connectivity index is 1.37. The van der Waals surface area contributed by atoms with Crippen molar-refractivity contribution in [2.24, 2.45) is 5.92 Å². The van der Waals surface area contributed by atoms with Gasteiger partial charge in [0.15, 0.2) is 0 Å². The third kappa shape index (κ3) is 7.67. The van der Waals surface area contributed by atoms with E-state index in [1.165, 1.54) is 12.1 Å². The van der Waals surface area contributed by atoms with Crippen LogP contribution in [0.25, 0.3) is 5.82 Å². The van der Waals surface area contributed by atoms with Crippen molar-refractivity contribution in [3.8, 4) is 5.82 Å². The van der Waals surface area contributed by atoms with E-state index in [1.807, 2.05) is 0 Å². The highest BCUT2D eigenvalue weighted by Crippen LogP contribution is 2.32. The van der Waals surface area contributed by atoms with Crippen molar-refractivity contribution < 1.29 is 22.7 Å². The lowest BCUT2D eigenvalue weighted by atomic mass is 9.81. The fourth-order valence-electron chi connectivity index (χ4n) is 5.38. The third-order valence-corrected chi connectivity index (χ3v) is 7.75. The van der Waals surface area contributed by atoms with Crippen molar-refractivity contribution in [3.05, 3.63) is 72.3 Å². The van der Waals surface area contributed by atoms with Gasteiger partial charge in [0.05, 0.1) is 5.56 Å². The van der Waals surface area contributed by atoms with E-state index in [0.717, 1.165) is 69.1 Å². The minimum absolute atomic E-state index is 0.0724. The average molecular weight is 584 g/mol. The van der Waals surface area contributed by atoms with Crippen LogP contribution in [0.1, 0.15) is 62.5 Å². The number of imidazole rings is 1. The minimum atomic E-state index is -4.42. The number of carbonyl (C=O) groups excluding carboxylic acids is 1. The molecule has 0 spiro atoms. The first-order valence-corrected chi connectivity index (χ1v) is 14.4. The Bertz CT molecular complexity index is 1330. The van der Waals surface area contributed by atoms with Crippen LogP contribution in [-0.4, -0.2) is 44.3 Å². The molecule has 0 radical (unpaired) electrons. The summed E-state index contributed by atoms with van der Waals surface area (Å²) < 4.78 is 46.5. The topological polar surface area (TPSA) is 106 Å². The summed E-state index contributed by atoms with van der Waals surface area (Å²) in [6.07, 6.45) is 8.45. The number of amides is 1. The average Bonchev–Trinajstić information content (AvgIpc) is 3.54. The summed E-state index contributed by atoms with van der Waals surface area (Å²) in [5.41, 5.74) is 0.581. The van der Waals surface area contributed by atoms with Crippen molar-refractivity contribution in [2.75, 3.05) is 17.2 Å². The zero-order valence-corrected chi connectivity index (χ0v) is 23.4. The molecular formula is C30H36F3N7O2. The van der Waals surface area contributed by atoms with Gasteiger partial charge in [-0.15, -0.1) is 0 Å². The van der Waals surface area contributed by atoms with Gasteiger partial charge in [0, 0.05) is 31.6 Å². The second-order valence-electron chi connectivity index (χ2n) is 10.8. The summed E-state index contributed by atoms with van der Waals surface area (Å²) in [6, 6.07) is 5.69. The lowest BCUT2D eigenvalue weighted by Crippen LogP contribution is -2.42. The van der Waals surface area contributed by atoms with Gasteiger partial charge in [0.1, 0.15) is 30.2 Å². The van der Waals surface area contributed by atoms with Gasteiger partial charge in [0.2, 0.25) is 11.9 Å². The number of hydrogen-bond acceptors (Lipinski definition) is 7. The van der Waals surface area contributed by atoms with Gasteiger partial charge in [-0.2, -0.15) is 23.1 Å². The van der Waals surface area contributed by atoms with Crippen molar-refractivity contribution >= 4 is 17.7 Å². The molecule has 12 heteroatoms. The molecule has 3 N–H and O–H groups in total. The number of carbonyl (C=O) groups is 1. The summed E-state index contributed by atoms with van der Waals surface area (Å²) in [5, 5.41) is 9.44. The van der Waals surface area contributed by atoms with Crippen LogP contribution in [0.3, 0.4) is 0 Å². The van der Waals surface area contributed by atoms with Crippen molar-refractivity contribution in [1.82, 2.24) is 24.8 Å². The molecule has 5 rings (SSSR count). The molecular weight excluding hydrogens is 547 g/mol. The normalized spacial score (nSPS) is 18.7. The summed E-state index contributed by atoms with van der Waals surface area (Å²) in [7, 11) is 0. The lowest BCUT2D eigenvalue weighted by molar-refractivity contribution is -0.137. The Morgan fingerprint density at radius 3 is 2.50 bits per heavy atom. The summed E-state index contributed by atoms with van der Waals surface area (Å²) >= 11 is 0. The number of nitrogens with zero attached hydrogens (tertiary/aromatic N) is 4. The molecule has 2 aliphatic rings. The number of ether oxygens (including phenoxy) is 1. The smallest absolute Gasteiger partial charge is 0.359 e. The number of rotatable bonds is 10. The monoisotopic (exact) mass is 583 g/mol. The van der Waals surface area contributed by atoms with Crippen LogP contribution in [-0.2, 0) is 22.3 Å². The van der Waals surface area contributed by atoms with E-state index in [9.17, 15) is 18.0 Å². The Labute approximate surface area is 243 Å². The van der Waals surface area contributed by atoms with Crippen LogP contribution >= 0.6 is 0 Å². The zero-order valence-electron chi connectivity index (χ0n) is 23.4. The Morgan fingerprint density at radius 1 is 1.07 bits per heavy atom. The molecule has 1 saturated carbocycles. The van der Waals surface area contributed by atoms with Crippen LogP contribution in [0.5, 0.6) is 0 Å². The maximum atomic E-state index is 13.6. The second kappa shape index (κ2) is 13.4. The van der Waals surface area contributed by atoms with Crippen LogP contribution in [0.4, 0.5) is 24.9 Å². The van der Waals surface area contributed by atoms with Crippen LogP contribution in [0.2, 0.25) is 0 Å². The van der Waals surface area contributed by atoms with Crippen LogP contribution in [0.15, 0.2) is 61.2 Å². The van der Waals surface area contributed by atoms with Gasteiger partial charge in [-0.1, -0.05) is 38.0 Å². The number of hydrogen-bond donors (Lipinski definition) is 3. The first-order valence-electron chi connectivity index (χ1n) is 14.4. The van der Waals surface area contributed by atoms with E-state index in [1.54, 1.807) is 29.4 Å². The Morgan fingerprint density at radius 2 is 1.83 bits per heavy atom. The molecule has 2 aromatic heterocycles. The number of aromatic nitrogens is 4. The van der Waals surface area contributed by atoms with Gasteiger partial charge >= 0.3 is 6.18 Å². The first-order chi connectivity index (χ1) is 20.3. The second-order valence-corrected chi connectivity index (χ2v) is 10.8. The first kappa shape index (κ1) is 29.6. The van der Waals surface area contributed by atoms with E-state index < -0.39 is 17.8 Å². The van der Waals surface area contributed by atoms with E-state index >= 15 is 0 Å². The Hall–Kier alpha value is -3.93. The molecule has 2 atom stereocenters. The molecule has 2 fully saturated rings. The highest BCUT2D eigenvalue weighted by molar-refractivity contribution is 5.87. The molecule has 0 bridgehead atoms. The maximum Gasteiger partial charge on any atom is 0.416 e. The van der Waals surface area contributed by atoms with Gasteiger partial charge in [-0.05, 0) is 61.3 Å². The maximum absolute atomic E-state index is 13.6. The van der Waals surface area contributed by atoms with Crippen LogP contribution < -0.4 is 16.0 Å². The molecule has 1 saturated heterocycles.